The fraction of sp³-hybridized carbons (Fsp3) is 0.222. The lowest BCUT2D eigenvalue weighted by Crippen LogP contribution is -2.15. The minimum absolute atomic E-state index is 0.157. The van der Waals surface area contributed by atoms with Gasteiger partial charge in [-0.2, -0.15) is 5.10 Å². The minimum atomic E-state index is -0.157. The van der Waals surface area contributed by atoms with E-state index >= 15 is 0 Å². The number of hydrogen-bond acceptors (Lipinski definition) is 4. The standard InChI is InChI=1S/C27H28N2O2/c1-2-3-4-11-20-31-25-18-16-22(17-19-25)21-28-29-26(23-12-7-5-8-13-23)27(30)24-14-9-6-10-15-24/h5-10,12-19,21H,2-4,11,20H2,1H3/b28-21-,29-26+. The third kappa shape index (κ3) is 7.03. The van der Waals surface area contributed by atoms with Gasteiger partial charge >= 0.3 is 0 Å². The fourth-order valence-electron chi connectivity index (χ4n) is 3.08. The van der Waals surface area contributed by atoms with Gasteiger partial charge in [0, 0.05) is 11.1 Å². The molecule has 3 aromatic rings. The highest BCUT2D eigenvalue weighted by atomic mass is 16.5. The topological polar surface area (TPSA) is 51.0 Å². The maximum Gasteiger partial charge on any atom is 0.213 e. The van der Waals surface area contributed by atoms with Gasteiger partial charge in [-0.15, -0.1) is 5.10 Å². The number of unbranched alkanes of at least 4 members (excludes halogenated alkanes) is 3. The molecule has 0 bridgehead atoms. The molecular formula is C27H28N2O2. The molecule has 0 saturated heterocycles. The van der Waals surface area contributed by atoms with Crippen LogP contribution < -0.4 is 4.74 Å². The smallest absolute Gasteiger partial charge is 0.213 e. The summed E-state index contributed by atoms with van der Waals surface area (Å²) in [4.78, 5) is 13.0. The molecular weight excluding hydrogens is 384 g/mol. The quantitative estimate of drug-likeness (QED) is 0.159. The van der Waals surface area contributed by atoms with Crippen molar-refractivity contribution in [3.8, 4) is 5.75 Å². The van der Waals surface area contributed by atoms with Crippen LogP contribution in [0.1, 0.15) is 54.1 Å². The number of hydrogen-bond donors (Lipinski definition) is 0. The molecule has 0 unspecified atom stereocenters. The minimum Gasteiger partial charge on any atom is -0.494 e. The summed E-state index contributed by atoms with van der Waals surface area (Å²) in [5.41, 5.74) is 2.53. The van der Waals surface area contributed by atoms with Gasteiger partial charge in [-0.1, -0.05) is 86.8 Å². The average Bonchev–Trinajstić information content (AvgIpc) is 2.83. The maximum atomic E-state index is 13.0. The van der Waals surface area contributed by atoms with Gasteiger partial charge in [0.05, 0.1) is 12.8 Å². The molecule has 4 heteroatoms. The van der Waals surface area contributed by atoms with E-state index in [1.807, 2.05) is 72.8 Å². The highest BCUT2D eigenvalue weighted by Gasteiger charge is 2.15. The van der Waals surface area contributed by atoms with Crippen LogP contribution in [-0.4, -0.2) is 24.3 Å². The lowest BCUT2D eigenvalue weighted by Gasteiger charge is -2.06. The Hall–Kier alpha value is -3.53. The van der Waals surface area contributed by atoms with E-state index in [-0.39, 0.29) is 5.78 Å². The van der Waals surface area contributed by atoms with Crippen molar-refractivity contribution in [2.24, 2.45) is 10.2 Å². The summed E-state index contributed by atoms with van der Waals surface area (Å²) in [5, 5.41) is 8.46. The molecule has 0 aliphatic rings. The number of carbonyl (C=O) groups excluding carboxylic acids is 1. The maximum absolute atomic E-state index is 13.0. The Morgan fingerprint density at radius 3 is 2.10 bits per heavy atom. The molecule has 0 radical (unpaired) electrons. The Labute approximate surface area is 184 Å². The molecule has 0 fully saturated rings. The van der Waals surface area contributed by atoms with Crippen LogP contribution in [0.3, 0.4) is 0 Å². The van der Waals surface area contributed by atoms with Crippen molar-refractivity contribution in [3.63, 3.8) is 0 Å². The highest BCUT2D eigenvalue weighted by Crippen LogP contribution is 2.13. The Bertz CT molecular complexity index is 994. The zero-order valence-corrected chi connectivity index (χ0v) is 17.9. The van der Waals surface area contributed by atoms with Gasteiger partial charge in [0.1, 0.15) is 11.5 Å². The number of carbonyl (C=O) groups is 1. The second kappa shape index (κ2) is 12.2. The van der Waals surface area contributed by atoms with Crippen LogP contribution >= 0.6 is 0 Å². The summed E-state index contributed by atoms with van der Waals surface area (Å²) in [5.74, 6) is 0.692. The van der Waals surface area contributed by atoms with E-state index in [1.54, 1.807) is 18.3 Å². The Kier molecular flexibility index (Phi) is 8.74. The monoisotopic (exact) mass is 412 g/mol. The average molecular weight is 413 g/mol. The third-order valence-corrected chi connectivity index (χ3v) is 4.81. The molecule has 0 amide bonds. The summed E-state index contributed by atoms with van der Waals surface area (Å²) in [7, 11) is 0. The largest absolute Gasteiger partial charge is 0.494 e. The van der Waals surface area contributed by atoms with Crippen molar-refractivity contribution in [2.45, 2.75) is 32.6 Å². The summed E-state index contributed by atoms with van der Waals surface area (Å²) in [6, 6.07) is 26.2. The molecule has 0 heterocycles. The Balaban J connectivity index is 1.69. The zero-order valence-electron chi connectivity index (χ0n) is 17.9. The van der Waals surface area contributed by atoms with Crippen molar-refractivity contribution < 1.29 is 9.53 Å². The van der Waals surface area contributed by atoms with E-state index in [0.29, 0.717) is 11.3 Å². The first-order valence-corrected chi connectivity index (χ1v) is 10.8. The predicted molar refractivity (Wildman–Crippen MR) is 127 cm³/mol. The summed E-state index contributed by atoms with van der Waals surface area (Å²) < 4.78 is 5.77. The van der Waals surface area contributed by atoms with Crippen molar-refractivity contribution in [1.29, 1.82) is 0 Å². The van der Waals surface area contributed by atoms with E-state index in [0.717, 1.165) is 29.9 Å². The molecule has 3 rings (SSSR count). The van der Waals surface area contributed by atoms with Crippen molar-refractivity contribution in [2.75, 3.05) is 6.61 Å². The van der Waals surface area contributed by atoms with E-state index < -0.39 is 0 Å². The van der Waals surface area contributed by atoms with Crippen molar-refractivity contribution in [3.05, 3.63) is 102 Å². The fourth-order valence-corrected chi connectivity index (χ4v) is 3.08. The lowest BCUT2D eigenvalue weighted by atomic mass is 10.0. The zero-order chi connectivity index (χ0) is 21.7. The SMILES string of the molecule is CCCCCCOc1ccc(/C=N\N=C(\C(=O)c2ccccc2)c2ccccc2)cc1. The first kappa shape index (κ1) is 22.2. The van der Waals surface area contributed by atoms with E-state index in [1.165, 1.54) is 19.3 Å². The van der Waals surface area contributed by atoms with Gasteiger partial charge in [-0.25, -0.2) is 0 Å². The number of ketones is 1. The number of benzene rings is 3. The van der Waals surface area contributed by atoms with Gasteiger partial charge in [-0.05, 0) is 36.2 Å². The van der Waals surface area contributed by atoms with Crippen LogP contribution in [0.4, 0.5) is 0 Å². The molecule has 4 nitrogen and oxygen atoms in total. The number of ether oxygens (including phenoxy) is 1. The van der Waals surface area contributed by atoms with Gasteiger partial charge in [0.2, 0.25) is 5.78 Å². The van der Waals surface area contributed by atoms with Gasteiger partial charge in [0.15, 0.2) is 0 Å². The molecule has 0 atom stereocenters. The van der Waals surface area contributed by atoms with Crippen LogP contribution in [0, 0.1) is 0 Å². The van der Waals surface area contributed by atoms with Crippen LogP contribution in [0.2, 0.25) is 0 Å². The number of Topliss-reactive ketones (excluding diaryl/α,β-unsaturated/α-hetero) is 1. The Morgan fingerprint density at radius 1 is 0.806 bits per heavy atom. The molecule has 3 aromatic carbocycles. The molecule has 158 valence electrons. The van der Waals surface area contributed by atoms with Gasteiger partial charge in [0.25, 0.3) is 0 Å². The highest BCUT2D eigenvalue weighted by molar-refractivity contribution is 6.51. The van der Waals surface area contributed by atoms with Crippen LogP contribution in [0.15, 0.2) is 95.1 Å². The van der Waals surface area contributed by atoms with E-state index in [9.17, 15) is 4.79 Å². The molecule has 0 aromatic heterocycles. The van der Waals surface area contributed by atoms with Crippen LogP contribution in [-0.2, 0) is 0 Å². The van der Waals surface area contributed by atoms with Crippen LogP contribution in [0.25, 0.3) is 0 Å². The molecule has 0 aliphatic heterocycles. The number of rotatable bonds is 11. The molecule has 0 aliphatic carbocycles. The lowest BCUT2D eigenvalue weighted by molar-refractivity contribution is 0.106. The molecule has 31 heavy (non-hydrogen) atoms. The summed E-state index contributed by atoms with van der Waals surface area (Å²) >= 11 is 0. The number of nitrogens with zero attached hydrogens (tertiary/aromatic N) is 2. The van der Waals surface area contributed by atoms with E-state index in [4.69, 9.17) is 4.74 Å². The van der Waals surface area contributed by atoms with Crippen molar-refractivity contribution in [1.82, 2.24) is 0 Å². The second-order valence-corrected chi connectivity index (χ2v) is 7.23. The molecule has 0 spiro atoms. The first-order valence-electron chi connectivity index (χ1n) is 10.8. The van der Waals surface area contributed by atoms with Gasteiger partial charge in [-0.3, -0.25) is 4.79 Å². The first-order chi connectivity index (χ1) is 15.3. The third-order valence-electron chi connectivity index (χ3n) is 4.81. The summed E-state index contributed by atoms with van der Waals surface area (Å²) in [6.45, 7) is 2.94. The molecule has 0 N–H and O–H groups in total. The van der Waals surface area contributed by atoms with Crippen LogP contribution in [0.5, 0.6) is 5.75 Å². The second-order valence-electron chi connectivity index (χ2n) is 7.23. The predicted octanol–water partition coefficient (Wildman–Crippen LogP) is 6.35. The molecule has 0 saturated carbocycles. The normalized spacial score (nSPS) is 11.6. The Morgan fingerprint density at radius 2 is 1.45 bits per heavy atom. The van der Waals surface area contributed by atoms with Gasteiger partial charge < -0.3 is 4.74 Å². The van der Waals surface area contributed by atoms with Crippen molar-refractivity contribution >= 4 is 17.7 Å². The van der Waals surface area contributed by atoms with E-state index in [2.05, 4.69) is 17.1 Å². The summed E-state index contributed by atoms with van der Waals surface area (Å²) in [6.07, 6.45) is 6.39.